The van der Waals surface area contributed by atoms with Gasteiger partial charge in [0.15, 0.2) is 11.6 Å². The van der Waals surface area contributed by atoms with E-state index in [2.05, 4.69) is 5.32 Å². The Labute approximate surface area is 123 Å². The van der Waals surface area contributed by atoms with E-state index < -0.39 is 23.3 Å². The lowest BCUT2D eigenvalue weighted by Gasteiger charge is -2.12. The van der Waals surface area contributed by atoms with Crippen LogP contribution < -0.4 is 5.32 Å². The molecule has 112 valence electrons. The summed E-state index contributed by atoms with van der Waals surface area (Å²) in [7, 11) is 0. The number of benzene rings is 2. The molecule has 0 atom stereocenters. The average Bonchev–Trinajstić information content (AvgIpc) is 2.40. The predicted molar refractivity (Wildman–Crippen MR) is 71.8 cm³/mol. The van der Waals surface area contributed by atoms with Gasteiger partial charge >= 0.3 is 6.18 Å². The Bertz CT molecular complexity index is 658. The van der Waals surface area contributed by atoms with Crippen molar-refractivity contribution < 1.29 is 22.7 Å². The Kier molecular flexibility index (Phi) is 4.27. The molecule has 0 saturated carbocycles. The molecule has 0 aliphatic heterocycles. The topological polar surface area (TPSA) is 32.3 Å². The predicted octanol–water partition coefficient (Wildman–Crippen LogP) is 4.82. The van der Waals surface area contributed by atoms with E-state index in [1.165, 1.54) is 12.1 Å². The van der Waals surface area contributed by atoms with Gasteiger partial charge in [0.2, 0.25) is 0 Å². The van der Waals surface area contributed by atoms with Crippen molar-refractivity contribution in [2.24, 2.45) is 0 Å². The molecule has 0 amide bonds. The minimum Gasteiger partial charge on any atom is -0.505 e. The summed E-state index contributed by atoms with van der Waals surface area (Å²) in [5.74, 6) is -1.29. The van der Waals surface area contributed by atoms with Crippen molar-refractivity contribution in [3.05, 3.63) is 58.4 Å². The Morgan fingerprint density at radius 2 is 1.81 bits per heavy atom. The average molecular weight is 320 g/mol. The molecule has 0 unspecified atom stereocenters. The number of nitrogens with one attached hydrogen (secondary N) is 1. The number of halogens is 5. The highest BCUT2D eigenvalue weighted by Gasteiger charge is 2.30. The lowest BCUT2D eigenvalue weighted by molar-refractivity contribution is -0.137. The second-order valence-electron chi connectivity index (χ2n) is 4.33. The standard InChI is InChI=1S/C14H10ClF4NO/c15-10-3-2-9(14(17,18)19)6-12(10)20-7-8-1-4-13(21)11(16)5-8/h1-6,20-21H,7H2. The first kappa shape index (κ1) is 15.4. The Balaban J connectivity index is 2.17. The molecular formula is C14H10ClF4NO. The highest BCUT2D eigenvalue weighted by Crippen LogP contribution is 2.34. The maximum Gasteiger partial charge on any atom is 0.416 e. The van der Waals surface area contributed by atoms with Crippen LogP contribution >= 0.6 is 11.6 Å². The number of alkyl halides is 3. The zero-order valence-electron chi connectivity index (χ0n) is 10.5. The molecular weight excluding hydrogens is 310 g/mol. The van der Waals surface area contributed by atoms with Crippen LogP contribution in [0.2, 0.25) is 5.02 Å². The summed E-state index contributed by atoms with van der Waals surface area (Å²) in [4.78, 5) is 0. The summed E-state index contributed by atoms with van der Waals surface area (Å²) in [5, 5.41) is 11.9. The number of rotatable bonds is 3. The zero-order chi connectivity index (χ0) is 15.6. The van der Waals surface area contributed by atoms with Crippen molar-refractivity contribution in [2.45, 2.75) is 12.7 Å². The molecule has 7 heteroatoms. The third kappa shape index (κ3) is 3.78. The fourth-order valence-electron chi connectivity index (χ4n) is 1.69. The molecule has 2 aromatic carbocycles. The largest absolute Gasteiger partial charge is 0.505 e. The van der Waals surface area contributed by atoms with Gasteiger partial charge in [0.05, 0.1) is 16.3 Å². The molecule has 0 aliphatic rings. The fraction of sp³-hybridized carbons (Fsp3) is 0.143. The van der Waals surface area contributed by atoms with Gasteiger partial charge in [-0.05, 0) is 35.9 Å². The van der Waals surface area contributed by atoms with Crippen LogP contribution in [0.4, 0.5) is 23.2 Å². The van der Waals surface area contributed by atoms with Gasteiger partial charge in [0.1, 0.15) is 0 Å². The quantitative estimate of drug-likeness (QED) is 0.795. The molecule has 2 nitrogen and oxygen atoms in total. The number of anilines is 1. The van der Waals surface area contributed by atoms with Crippen molar-refractivity contribution in [3.63, 3.8) is 0 Å². The van der Waals surface area contributed by atoms with Gasteiger partial charge in [-0.3, -0.25) is 0 Å². The van der Waals surface area contributed by atoms with Crippen LogP contribution in [-0.2, 0) is 12.7 Å². The molecule has 2 N–H and O–H groups in total. The molecule has 0 radical (unpaired) electrons. The third-order valence-corrected chi connectivity index (χ3v) is 3.12. The first-order valence-corrected chi connectivity index (χ1v) is 6.23. The van der Waals surface area contributed by atoms with E-state index in [1.807, 2.05) is 0 Å². The van der Waals surface area contributed by atoms with E-state index >= 15 is 0 Å². The number of hydrogen-bond donors (Lipinski definition) is 2. The molecule has 0 bridgehead atoms. The molecule has 0 aromatic heterocycles. The maximum atomic E-state index is 13.2. The summed E-state index contributed by atoms with van der Waals surface area (Å²) in [6, 6.07) is 6.62. The smallest absolute Gasteiger partial charge is 0.416 e. The Morgan fingerprint density at radius 3 is 2.43 bits per heavy atom. The number of aromatic hydroxyl groups is 1. The zero-order valence-corrected chi connectivity index (χ0v) is 11.3. The number of phenolic OH excluding ortho intramolecular Hbond substituents is 1. The highest BCUT2D eigenvalue weighted by molar-refractivity contribution is 6.33. The lowest BCUT2D eigenvalue weighted by atomic mass is 10.1. The van der Waals surface area contributed by atoms with Gasteiger partial charge in [-0.15, -0.1) is 0 Å². The summed E-state index contributed by atoms with van der Waals surface area (Å²) >= 11 is 5.83. The van der Waals surface area contributed by atoms with Crippen LogP contribution in [-0.4, -0.2) is 5.11 Å². The van der Waals surface area contributed by atoms with Crippen molar-refractivity contribution in [1.29, 1.82) is 0 Å². The molecule has 0 fully saturated rings. The van der Waals surface area contributed by atoms with E-state index in [9.17, 15) is 17.6 Å². The molecule has 0 heterocycles. The van der Waals surface area contributed by atoms with Gasteiger partial charge < -0.3 is 10.4 Å². The van der Waals surface area contributed by atoms with E-state index in [0.29, 0.717) is 5.56 Å². The van der Waals surface area contributed by atoms with Gasteiger partial charge in [-0.25, -0.2) is 4.39 Å². The summed E-state index contributed by atoms with van der Waals surface area (Å²) < 4.78 is 51.0. The molecule has 21 heavy (non-hydrogen) atoms. The first-order valence-electron chi connectivity index (χ1n) is 5.85. The van der Waals surface area contributed by atoms with Crippen LogP contribution in [0.5, 0.6) is 5.75 Å². The van der Waals surface area contributed by atoms with Gasteiger partial charge in [0.25, 0.3) is 0 Å². The van der Waals surface area contributed by atoms with E-state index in [4.69, 9.17) is 16.7 Å². The Morgan fingerprint density at radius 1 is 1.10 bits per heavy atom. The van der Waals surface area contributed by atoms with Crippen LogP contribution in [0.25, 0.3) is 0 Å². The van der Waals surface area contributed by atoms with Crippen LogP contribution in [0.1, 0.15) is 11.1 Å². The van der Waals surface area contributed by atoms with Crippen molar-refractivity contribution in [2.75, 3.05) is 5.32 Å². The van der Waals surface area contributed by atoms with Gasteiger partial charge in [0, 0.05) is 6.54 Å². The van der Waals surface area contributed by atoms with E-state index in [0.717, 1.165) is 24.3 Å². The molecule has 0 spiro atoms. The molecule has 2 aromatic rings. The lowest BCUT2D eigenvalue weighted by Crippen LogP contribution is -2.07. The maximum absolute atomic E-state index is 13.2. The Hall–Kier alpha value is -1.95. The van der Waals surface area contributed by atoms with Crippen LogP contribution in [0, 0.1) is 5.82 Å². The third-order valence-electron chi connectivity index (χ3n) is 2.79. The van der Waals surface area contributed by atoms with Crippen LogP contribution in [0.15, 0.2) is 36.4 Å². The summed E-state index contributed by atoms with van der Waals surface area (Å²) in [5.41, 5.74) is -0.273. The fourth-order valence-corrected chi connectivity index (χ4v) is 1.88. The summed E-state index contributed by atoms with van der Waals surface area (Å²) in [6.07, 6.45) is -4.47. The van der Waals surface area contributed by atoms with E-state index in [-0.39, 0.29) is 17.3 Å². The first-order chi connectivity index (χ1) is 9.77. The van der Waals surface area contributed by atoms with Gasteiger partial charge in [-0.1, -0.05) is 17.7 Å². The molecule has 0 aliphatic carbocycles. The minimum absolute atomic E-state index is 0.0677. The monoisotopic (exact) mass is 319 g/mol. The minimum atomic E-state index is -4.47. The van der Waals surface area contributed by atoms with Gasteiger partial charge in [-0.2, -0.15) is 13.2 Å². The van der Waals surface area contributed by atoms with E-state index in [1.54, 1.807) is 0 Å². The SMILES string of the molecule is Oc1ccc(CNc2cc(C(F)(F)F)ccc2Cl)cc1F. The number of hydrogen-bond acceptors (Lipinski definition) is 2. The van der Waals surface area contributed by atoms with Crippen molar-refractivity contribution >= 4 is 17.3 Å². The normalized spacial score (nSPS) is 11.5. The summed E-state index contributed by atoms with van der Waals surface area (Å²) in [6.45, 7) is 0.0677. The highest BCUT2D eigenvalue weighted by atomic mass is 35.5. The number of phenols is 1. The molecule has 0 saturated heterocycles. The van der Waals surface area contributed by atoms with Crippen LogP contribution in [0.3, 0.4) is 0 Å². The van der Waals surface area contributed by atoms with Crippen molar-refractivity contribution in [1.82, 2.24) is 0 Å². The second kappa shape index (κ2) is 5.81. The molecule has 2 rings (SSSR count). The van der Waals surface area contributed by atoms with Crippen molar-refractivity contribution in [3.8, 4) is 5.75 Å². The second-order valence-corrected chi connectivity index (χ2v) is 4.74.